The lowest BCUT2D eigenvalue weighted by atomic mass is 10.1. The Hall–Kier alpha value is -1.95. The lowest BCUT2D eigenvalue weighted by Crippen LogP contribution is -2.40. The van der Waals surface area contributed by atoms with Crippen molar-refractivity contribution >= 4 is 10.9 Å². The smallest absolute Gasteiger partial charge is 0.329 e. The number of hydrogen-bond donors (Lipinski definition) is 1. The van der Waals surface area contributed by atoms with E-state index < -0.39 is 11.5 Å². The van der Waals surface area contributed by atoms with E-state index in [0.29, 0.717) is 31.4 Å². The van der Waals surface area contributed by atoms with Crippen LogP contribution in [0.1, 0.15) is 18.9 Å². The average molecular weight is 264 g/mol. The second-order valence-corrected chi connectivity index (χ2v) is 4.64. The highest BCUT2D eigenvalue weighted by Crippen LogP contribution is 2.18. The van der Waals surface area contributed by atoms with Crippen molar-refractivity contribution in [3.63, 3.8) is 0 Å². The molecule has 0 saturated carbocycles. The van der Waals surface area contributed by atoms with Crippen LogP contribution in [0.5, 0.6) is 0 Å². The van der Waals surface area contributed by atoms with Crippen LogP contribution in [-0.2, 0) is 4.74 Å². The number of H-pyrrole nitrogens is 1. The van der Waals surface area contributed by atoms with Gasteiger partial charge in [-0.1, -0.05) is 0 Å². The number of aromatic amines is 1. The number of rotatable bonds is 1. The first-order valence-corrected chi connectivity index (χ1v) is 6.18. The van der Waals surface area contributed by atoms with Gasteiger partial charge in [-0.2, -0.15) is 0 Å². The van der Waals surface area contributed by atoms with Crippen LogP contribution in [0.15, 0.2) is 27.8 Å². The Bertz CT molecular complexity index is 729. The number of nitrogens with zero attached hydrogens (tertiary/aromatic N) is 1. The van der Waals surface area contributed by atoms with Crippen molar-refractivity contribution in [3.05, 3.63) is 44.9 Å². The van der Waals surface area contributed by atoms with Gasteiger partial charge in [0.2, 0.25) is 0 Å². The van der Waals surface area contributed by atoms with Crippen molar-refractivity contribution in [2.45, 2.75) is 18.9 Å². The molecule has 0 aliphatic carbocycles. The average Bonchev–Trinajstić information content (AvgIpc) is 2.39. The zero-order valence-electron chi connectivity index (χ0n) is 10.2. The summed E-state index contributed by atoms with van der Waals surface area (Å²) in [6.45, 7) is 1.08. The molecule has 6 heteroatoms. The molecule has 1 N–H and O–H groups in total. The van der Waals surface area contributed by atoms with Gasteiger partial charge >= 0.3 is 5.69 Å². The molecule has 0 bridgehead atoms. The first-order chi connectivity index (χ1) is 9.16. The molecule has 0 unspecified atom stereocenters. The van der Waals surface area contributed by atoms with Crippen LogP contribution in [0.4, 0.5) is 4.39 Å². The van der Waals surface area contributed by atoms with E-state index in [4.69, 9.17) is 4.74 Å². The molecule has 2 aromatic rings. The number of ether oxygens (including phenoxy) is 1. The van der Waals surface area contributed by atoms with E-state index in [1.807, 2.05) is 0 Å². The first kappa shape index (κ1) is 12.1. The van der Waals surface area contributed by atoms with Crippen molar-refractivity contribution in [1.82, 2.24) is 9.55 Å². The molecular formula is C13H13FN2O3. The van der Waals surface area contributed by atoms with Crippen molar-refractivity contribution in [2.24, 2.45) is 0 Å². The summed E-state index contributed by atoms with van der Waals surface area (Å²) in [4.78, 5) is 26.9. The van der Waals surface area contributed by atoms with Crippen molar-refractivity contribution in [2.75, 3.05) is 13.2 Å². The number of hydrogen-bond acceptors (Lipinski definition) is 3. The number of aromatic nitrogens is 2. The quantitative estimate of drug-likeness (QED) is 0.841. The van der Waals surface area contributed by atoms with Gasteiger partial charge in [0.25, 0.3) is 5.56 Å². The van der Waals surface area contributed by atoms with E-state index in [9.17, 15) is 14.0 Å². The molecule has 0 spiro atoms. The van der Waals surface area contributed by atoms with Gasteiger partial charge in [-0.05, 0) is 31.0 Å². The number of nitrogens with one attached hydrogen (secondary N) is 1. The minimum Gasteiger partial charge on any atom is -0.381 e. The van der Waals surface area contributed by atoms with Crippen LogP contribution in [0.3, 0.4) is 0 Å². The highest BCUT2D eigenvalue weighted by atomic mass is 19.1. The summed E-state index contributed by atoms with van der Waals surface area (Å²) in [5.41, 5.74) is -0.626. The maximum absolute atomic E-state index is 13.1. The molecule has 1 fully saturated rings. The highest BCUT2D eigenvalue weighted by molar-refractivity contribution is 5.77. The summed E-state index contributed by atoms with van der Waals surface area (Å²) in [6.07, 6.45) is 1.27. The molecule has 2 heterocycles. The van der Waals surface area contributed by atoms with Gasteiger partial charge in [-0.25, -0.2) is 9.18 Å². The molecule has 1 aromatic carbocycles. The molecule has 1 aromatic heterocycles. The maximum Gasteiger partial charge on any atom is 0.329 e. The SMILES string of the molecule is O=c1[nH]c2cc(F)ccc2c(=O)n1C1CCOCC1. The fourth-order valence-corrected chi connectivity index (χ4v) is 2.48. The van der Waals surface area contributed by atoms with Crippen molar-refractivity contribution in [1.29, 1.82) is 0 Å². The highest BCUT2D eigenvalue weighted by Gasteiger charge is 2.20. The van der Waals surface area contributed by atoms with Gasteiger partial charge in [0.1, 0.15) is 5.82 Å². The van der Waals surface area contributed by atoms with Gasteiger partial charge in [-0.3, -0.25) is 9.36 Å². The van der Waals surface area contributed by atoms with E-state index in [0.717, 1.165) is 6.07 Å². The summed E-state index contributed by atoms with van der Waals surface area (Å²) in [5, 5.41) is 0.326. The van der Waals surface area contributed by atoms with Crippen molar-refractivity contribution in [3.8, 4) is 0 Å². The minimum absolute atomic E-state index is 0.153. The second-order valence-electron chi connectivity index (χ2n) is 4.64. The molecule has 1 aliphatic heterocycles. The molecule has 0 atom stereocenters. The van der Waals surface area contributed by atoms with Gasteiger partial charge < -0.3 is 9.72 Å². The summed E-state index contributed by atoms with van der Waals surface area (Å²) in [7, 11) is 0. The fourth-order valence-electron chi connectivity index (χ4n) is 2.48. The lowest BCUT2D eigenvalue weighted by Gasteiger charge is -2.23. The second kappa shape index (κ2) is 4.62. The van der Waals surface area contributed by atoms with E-state index in [-0.39, 0.29) is 17.1 Å². The zero-order chi connectivity index (χ0) is 13.4. The molecule has 100 valence electrons. The molecule has 3 rings (SSSR count). The summed E-state index contributed by atoms with van der Waals surface area (Å²) >= 11 is 0. The monoisotopic (exact) mass is 264 g/mol. The third kappa shape index (κ3) is 2.08. The van der Waals surface area contributed by atoms with Crippen LogP contribution in [0.25, 0.3) is 10.9 Å². The van der Waals surface area contributed by atoms with Gasteiger partial charge in [-0.15, -0.1) is 0 Å². The third-order valence-electron chi connectivity index (χ3n) is 3.45. The topological polar surface area (TPSA) is 64.1 Å². The molecule has 0 radical (unpaired) electrons. The molecule has 19 heavy (non-hydrogen) atoms. The summed E-state index contributed by atoms with van der Waals surface area (Å²) < 4.78 is 19.6. The Labute approximate surface area is 107 Å². The largest absolute Gasteiger partial charge is 0.381 e. The Morgan fingerprint density at radius 2 is 2.00 bits per heavy atom. The summed E-state index contributed by atoms with van der Waals surface area (Å²) in [6, 6.07) is 3.63. The molecular weight excluding hydrogens is 251 g/mol. The van der Waals surface area contributed by atoms with Crippen LogP contribution in [-0.4, -0.2) is 22.8 Å². The molecule has 1 aliphatic rings. The number of fused-ring (bicyclic) bond motifs is 1. The summed E-state index contributed by atoms with van der Waals surface area (Å²) in [5.74, 6) is -0.480. The standard InChI is InChI=1S/C13H13FN2O3/c14-8-1-2-10-11(7-8)15-13(18)16(12(10)17)9-3-5-19-6-4-9/h1-2,7,9H,3-6H2,(H,15,18). The normalized spacial score (nSPS) is 16.9. The zero-order valence-corrected chi connectivity index (χ0v) is 10.2. The predicted molar refractivity (Wildman–Crippen MR) is 67.9 cm³/mol. The van der Waals surface area contributed by atoms with Crippen LogP contribution in [0.2, 0.25) is 0 Å². The molecule has 0 amide bonds. The Morgan fingerprint density at radius 3 is 2.74 bits per heavy atom. The molecule has 1 saturated heterocycles. The van der Waals surface area contributed by atoms with E-state index >= 15 is 0 Å². The van der Waals surface area contributed by atoms with Crippen LogP contribution >= 0.6 is 0 Å². The number of benzene rings is 1. The lowest BCUT2D eigenvalue weighted by molar-refractivity contribution is 0.0676. The van der Waals surface area contributed by atoms with E-state index in [1.165, 1.54) is 16.7 Å². The van der Waals surface area contributed by atoms with Crippen molar-refractivity contribution < 1.29 is 9.13 Å². The minimum atomic E-state index is -0.491. The van der Waals surface area contributed by atoms with Crippen LogP contribution in [0, 0.1) is 5.82 Å². The first-order valence-electron chi connectivity index (χ1n) is 6.18. The number of halogens is 1. The third-order valence-corrected chi connectivity index (χ3v) is 3.45. The maximum atomic E-state index is 13.1. The van der Waals surface area contributed by atoms with Gasteiger partial charge in [0.15, 0.2) is 0 Å². The van der Waals surface area contributed by atoms with E-state index in [1.54, 1.807) is 0 Å². The molecule has 5 nitrogen and oxygen atoms in total. The Morgan fingerprint density at radius 1 is 1.26 bits per heavy atom. The Balaban J connectivity index is 2.22. The van der Waals surface area contributed by atoms with E-state index in [2.05, 4.69) is 4.98 Å². The Kier molecular flexibility index (Phi) is 2.94. The predicted octanol–water partition coefficient (Wildman–Crippen LogP) is 1.18. The van der Waals surface area contributed by atoms with Crippen LogP contribution < -0.4 is 11.2 Å². The van der Waals surface area contributed by atoms with Gasteiger partial charge in [0.05, 0.1) is 10.9 Å². The van der Waals surface area contributed by atoms with Gasteiger partial charge in [0, 0.05) is 19.3 Å². The fraction of sp³-hybridized carbons (Fsp3) is 0.385.